The molecule has 1 saturated heterocycles. The van der Waals surface area contributed by atoms with Crippen LogP contribution in [-0.2, 0) is 14.3 Å². The Labute approximate surface area is 206 Å². The molecule has 1 fully saturated rings. The molecule has 184 valence electrons. The lowest BCUT2D eigenvalue weighted by atomic mass is 9.88. The Balaban J connectivity index is 1.61. The summed E-state index contributed by atoms with van der Waals surface area (Å²) in [5, 5.41) is 7.48. The molecule has 8 heteroatoms. The van der Waals surface area contributed by atoms with E-state index in [2.05, 4.69) is 30.3 Å². The third-order valence-electron chi connectivity index (χ3n) is 6.61. The predicted octanol–water partition coefficient (Wildman–Crippen LogP) is 4.50. The van der Waals surface area contributed by atoms with Crippen molar-refractivity contribution in [3.63, 3.8) is 0 Å². The largest absolute Gasteiger partial charge is 0.465 e. The molecule has 2 unspecified atom stereocenters. The first-order valence-corrected chi connectivity index (χ1v) is 12.4. The summed E-state index contributed by atoms with van der Waals surface area (Å²) in [7, 11) is 0. The van der Waals surface area contributed by atoms with E-state index >= 15 is 0 Å². The Bertz CT molecular complexity index is 1110. The molecule has 0 bridgehead atoms. The monoisotopic (exact) mass is 475 g/mol. The molecule has 0 spiro atoms. The highest BCUT2D eigenvalue weighted by atomic mass is 16.5. The van der Waals surface area contributed by atoms with E-state index in [1.165, 1.54) is 0 Å². The van der Waals surface area contributed by atoms with E-state index in [0.717, 1.165) is 54.6 Å². The number of nitrogens with zero attached hydrogens (tertiary/aromatic N) is 4. The number of ether oxygens (including phenoxy) is 1. The summed E-state index contributed by atoms with van der Waals surface area (Å²) in [6.07, 6.45) is 9.60. The first-order chi connectivity index (χ1) is 17.0. The van der Waals surface area contributed by atoms with Gasteiger partial charge in [0.2, 0.25) is 5.91 Å². The lowest BCUT2D eigenvalue weighted by Gasteiger charge is -2.23. The van der Waals surface area contributed by atoms with Gasteiger partial charge in [0.1, 0.15) is 0 Å². The highest BCUT2D eigenvalue weighted by Crippen LogP contribution is 2.34. The van der Waals surface area contributed by atoms with Gasteiger partial charge in [-0.25, -0.2) is 0 Å². The average molecular weight is 476 g/mol. The fraction of sp³-hybridized carbons (Fsp3) is 0.444. The van der Waals surface area contributed by atoms with Gasteiger partial charge in [-0.2, -0.15) is 0 Å². The van der Waals surface area contributed by atoms with Crippen LogP contribution >= 0.6 is 0 Å². The maximum absolute atomic E-state index is 13.3. The van der Waals surface area contributed by atoms with E-state index in [9.17, 15) is 9.59 Å². The van der Waals surface area contributed by atoms with Crippen LogP contribution in [0, 0.1) is 0 Å². The second kappa shape index (κ2) is 11.3. The standard InChI is InChI=1S/C27H33N5O3/c1-3-12-32(13-4-2)26(33)22-15-21-10-9-20(16-24(21)29-25(17-22)30-31-28)18-5-7-19(8-6-18)23-11-14-35-27(23)34/h5-10,15,23-24H,3-4,11-14,16-17H2,1-2H3,(H2,28,29,30). The molecule has 2 aliphatic heterocycles. The van der Waals surface area contributed by atoms with Gasteiger partial charge in [0.25, 0.3) is 0 Å². The van der Waals surface area contributed by atoms with Crippen molar-refractivity contribution in [1.82, 2.24) is 4.90 Å². The van der Waals surface area contributed by atoms with Crippen LogP contribution in [0.3, 0.4) is 0 Å². The molecule has 0 radical (unpaired) electrons. The Hall–Kier alpha value is -3.55. The maximum atomic E-state index is 13.3. The van der Waals surface area contributed by atoms with E-state index < -0.39 is 0 Å². The molecule has 3 aliphatic rings. The molecule has 35 heavy (non-hydrogen) atoms. The summed E-state index contributed by atoms with van der Waals surface area (Å²) in [4.78, 5) is 32.0. The highest BCUT2D eigenvalue weighted by molar-refractivity contribution is 6.01. The van der Waals surface area contributed by atoms with Crippen LogP contribution in [0.5, 0.6) is 0 Å². The van der Waals surface area contributed by atoms with Crippen LogP contribution in [0.15, 0.2) is 69.0 Å². The topological polar surface area (TPSA) is 110 Å². The maximum Gasteiger partial charge on any atom is 0.313 e. The number of esters is 1. The quantitative estimate of drug-likeness (QED) is 0.271. The number of allylic oxidation sites excluding steroid dienone is 2. The Morgan fingerprint density at radius 2 is 1.91 bits per heavy atom. The molecule has 1 aliphatic carbocycles. The molecular formula is C27H33N5O3. The first-order valence-electron chi connectivity index (χ1n) is 12.4. The van der Waals surface area contributed by atoms with Crippen LogP contribution in [-0.4, -0.2) is 48.4 Å². The lowest BCUT2D eigenvalue weighted by molar-refractivity contribution is -0.139. The zero-order chi connectivity index (χ0) is 24.8. The van der Waals surface area contributed by atoms with Gasteiger partial charge < -0.3 is 15.5 Å². The third-order valence-corrected chi connectivity index (χ3v) is 6.61. The van der Waals surface area contributed by atoms with Crippen molar-refractivity contribution >= 4 is 23.3 Å². The van der Waals surface area contributed by atoms with E-state index in [1.54, 1.807) is 0 Å². The predicted molar refractivity (Wildman–Crippen MR) is 136 cm³/mol. The number of carbonyl (C=O) groups excluding carboxylic acids is 2. The number of amidine groups is 1. The molecule has 8 nitrogen and oxygen atoms in total. The van der Waals surface area contributed by atoms with Crippen LogP contribution in [0.2, 0.25) is 0 Å². The van der Waals surface area contributed by atoms with E-state index in [4.69, 9.17) is 15.6 Å². The molecular weight excluding hydrogens is 442 g/mol. The smallest absolute Gasteiger partial charge is 0.313 e. The van der Waals surface area contributed by atoms with E-state index in [-0.39, 0.29) is 23.8 Å². The summed E-state index contributed by atoms with van der Waals surface area (Å²) in [6, 6.07) is 7.93. The van der Waals surface area contributed by atoms with Crippen molar-refractivity contribution in [1.29, 1.82) is 0 Å². The minimum absolute atomic E-state index is 0.0194. The van der Waals surface area contributed by atoms with Gasteiger partial charge >= 0.3 is 5.97 Å². The van der Waals surface area contributed by atoms with Crippen molar-refractivity contribution in [3.05, 3.63) is 64.8 Å². The van der Waals surface area contributed by atoms with Crippen molar-refractivity contribution in [2.24, 2.45) is 21.2 Å². The Morgan fingerprint density at radius 3 is 2.54 bits per heavy atom. The van der Waals surface area contributed by atoms with Crippen LogP contribution in [0.25, 0.3) is 5.57 Å². The zero-order valence-electron chi connectivity index (χ0n) is 20.4. The average Bonchev–Trinajstić information content (AvgIpc) is 3.20. The van der Waals surface area contributed by atoms with Gasteiger partial charge in [0.15, 0.2) is 5.84 Å². The molecule has 4 rings (SSSR count). The van der Waals surface area contributed by atoms with Gasteiger partial charge in [0, 0.05) is 25.1 Å². The molecule has 1 aromatic rings. The molecule has 0 aromatic heterocycles. The summed E-state index contributed by atoms with van der Waals surface area (Å²) in [5.41, 5.74) is 4.84. The normalized spacial score (nSPS) is 21.9. The Kier molecular flexibility index (Phi) is 7.90. The number of fused-ring (bicyclic) bond motifs is 1. The molecule has 2 N–H and O–H groups in total. The number of nitrogens with two attached hydrogens (primary N) is 1. The number of benzene rings is 1. The highest BCUT2D eigenvalue weighted by Gasteiger charge is 2.29. The number of aliphatic imine (C=N–C) groups is 1. The van der Waals surface area contributed by atoms with Crippen molar-refractivity contribution in [2.45, 2.75) is 57.9 Å². The molecule has 1 aromatic carbocycles. The van der Waals surface area contributed by atoms with E-state index in [1.807, 2.05) is 41.3 Å². The fourth-order valence-corrected chi connectivity index (χ4v) is 4.88. The summed E-state index contributed by atoms with van der Waals surface area (Å²) in [5.74, 6) is 5.51. The van der Waals surface area contributed by atoms with E-state index in [0.29, 0.717) is 30.9 Å². The van der Waals surface area contributed by atoms with Gasteiger partial charge in [-0.3, -0.25) is 14.6 Å². The number of hydrogen-bond acceptors (Lipinski definition) is 6. The molecule has 2 heterocycles. The van der Waals surface area contributed by atoms with Gasteiger partial charge in [-0.05, 0) is 54.0 Å². The summed E-state index contributed by atoms with van der Waals surface area (Å²) in [6.45, 7) is 6.07. The summed E-state index contributed by atoms with van der Waals surface area (Å²) < 4.78 is 5.10. The number of cyclic esters (lactones) is 1. The number of carbonyl (C=O) groups is 2. The van der Waals surface area contributed by atoms with Crippen LogP contribution < -0.4 is 5.84 Å². The summed E-state index contributed by atoms with van der Waals surface area (Å²) >= 11 is 0. The molecule has 1 amide bonds. The second-order valence-electron chi connectivity index (χ2n) is 9.11. The minimum Gasteiger partial charge on any atom is -0.465 e. The van der Waals surface area contributed by atoms with Crippen LogP contribution in [0.4, 0.5) is 0 Å². The van der Waals surface area contributed by atoms with Crippen molar-refractivity contribution in [3.8, 4) is 0 Å². The van der Waals surface area contributed by atoms with Gasteiger partial charge in [-0.15, -0.1) is 5.11 Å². The molecule has 0 saturated carbocycles. The first kappa shape index (κ1) is 24.6. The van der Waals surface area contributed by atoms with Crippen molar-refractivity contribution < 1.29 is 14.3 Å². The van der Waals surface area contributed by atoms with Crippen LogP contribution in [0.1, 0.15) is 63.0 Å². The van der Waals surface area contributed by atoms with Gasteiger partial charge in [0.05, 0.1) is 18.6 Å². The minimum atomic E-state index is -0.174. The Morgan fingerprint density at radius 1 is 1.17 bits per heavy atom. The lowest BCUT2D eigenvalue weighted by Crippen LogP contribution is -2.34. The number of hydrogen-bond donors (Lipinski definition) is 1. The van der Waals surface area contributed by atoms with Gasteiger partial charge in [-0.1, -0.05) is 55.5 Å². The third kappa shape index (κ3) is 5.58. The SMILES string of the molecule is CCCN(CCC)C(=O)C1=CC2=CC=C(c3ccc(C4CCOC4=O)cc3)CC2N=C(N=NN)C1. The second-order valence-corrected chi connectivity index (χ2v) is 9.11. The number of rotatable bonds is 7. The fourth-order valence-electron chi connectivity index (χ4n) is 4.88. The number of amides is 1. The van der Waals surface area contributed by atoms with Crippen molar-refractivity contribution in [2.75, 3.05) is 19.7 Å². The zero-order valence-corrected chi connectivity index (χ0v) is 20.4. The molecule has 2 atom stereocenters.